The van der Waals surface area contributed by atoms with Gasteiger partial charge in [0.15, 0.2) is 0 Å². The summed E-state index contributed by atoms with van der Waals surface area (Å²) < 4.78 is 4.99. The molecule has 1 aromatic rings. The van der Waals surface area contributed by atoms with Crippen molar-refractivity contribution < 1.29 is 9.53 Å². The second kappa shape index (κ2) is 5.47. The molecule has 1 aliphatic rings. The molecule has 0 saturated carbocycles. The number of esters is 1. The molecule has 2 rings (SSSR count). The van der Waals surface area contributed by atoms with Gasteiger partial charge in [-0.25, -0.2) is 0 Å². The molecule has 104 valence electrons. The summed E-state index contributed by atoms with van der Waals surface area (Å²) in [6.07, 6.45) is 0.957. The lowest BCUT2D eigenvalue weighted by atomic mass is 9.89. The Morgan fingerprint density at radius 2 is 2.21 bits per heavy atom. The van der Waals surface area contributed by atoms with E-state index in [1.165, 1.54) is 6.07 Å². The zero-order valence-corrected chi connectivity index (χ0v) is 11.6. The highest BCUT2D eigenvalue weighted by Crippen LogP contribution is 2.35. The van der Waals surface area contributed by atoms with E-state index in [0.29, 0.717) is 12.5 Å². The van der Waals surface area contributed by atoms with Crippen LogP contribution in [0.3, 0.4) is 0 Å². The molecule has 0 spiro atoms. The fourth-order valence-corrected chi connectivity index (χ4v) is 2.68. The average Bonchev–Trinajstić information content (AvgIpc) is 2.34. The van der Waals surface area contributed by atoms with Crippen molar-refractivity contribution in [2.75, 3.05) is 18.1 Å². The van der Waals surface area contributed by atoms with Crippen molar-refractivity contribution in [1.82, 2.24) is 4.98 Å². The lowest BCUT2D eigenvalue weighted by molar-refractivity contribution is -0.141. The van der Waals surface area contributed by atoms with Crippen LogP contribution in [0, 0.1) is 0 Å². The Kier molecular flexibility index (Phi) is 3.93. The number of pyridine rings is 1. The van der Waals surface area contributed by atoms with E-state index in [9.17, 15) is 9.59 Å². The average molecular weight is 264 g/mol. The van der Waals surface area contributed by atoms with Crippen LogP contribution in [0.2, 0.25) is 0 Å². The fourth-order valence-electron chi connectivity index (χ4n) is 2.68. The van der Waals surface area contributed by atoms with Crippen LogP contribution in [0.15, 0.2) is 16.9 Å². The van der Waals surface area contributed by atoms with E-state index >= 15 is 0 Å². The van der Waals surface area contributed by atoms with Crippen LogP contribution < -0.4 is 10.5 Å². The van der Waals surface area contributed by atoms with Crippen molar-refractivity contribution in [1.29, 1.82) is 0 Å². The number of nitrogens with one attached hydrogen (secondary N) is 1. The predicted octanol–water partition coefficient (Wildman–Crippen LogP) is 1.64. The van der Waals surface area contributed by atoms with Crippen molar-refractivity contribution in [2.24, 2.45) is 0 Å². The molecule has 1 aromatic heterocycles. The smallest absolute Gasteiger partial charge is 0.325 e. The monoisotopic (exact) mass is 264 g/mol. The first-order valence-electron chi connectivity index (χ1n) is 6.68. The number of carbonyl (C=O) groups is 1. The van der Waals surface area contributed by atoms with Gasteiger partial charge in [0.05, 0.1) is 6.61 Å². The maximum Gasteiger partial charge on any atom is 0.325 e. The largest absolute Gasteiger partial charge is 0.465 e. The van der Waals surface area contributed by atoms with Crippen molar-refractivity contribution in [3.05, 3.63) is 28.0 Å². The molecule has 0 fully saturated rings. The minimum Gasteiger partial charge on any atom is -0.465 e. The van der Waals surface area contributed by atoms with Gasteiger partial charge in [0, 0.05) is 12.1 Å². The van der Waals surface area contributed by atoms with Crippen LogP contribution in [0.25, 0.3) is 0 Å². The SMILES string of the molecule is CCOC(=O)CN1c2[nH]c(=O)ccc2C(C)CC1C. The molecule has 2 heterocycles. The zero-order valence-electron chi connectivity index (χ0n) is 11.6. The summed E-state index contributed by atoms with van der Waals surface area (Å²) in [6, 6.07) is 3.58. The molecule has 0 aliphatic carbocycles. The summed E-state index contributed by atoms with van der Waals surface area (Å²) in [6.45, 7) is 6.53. The Hall–Kier alpha value is -1.78. The Labute approximate surface area is 112 Å². The van der Waals surface area contributed by atoms with Crippen LogP contribution in [-0.4, -0.2) is 30.1 Å². The molecular formula is C14H20N2O3. The number of H-pyrrole nitrogens is 1. The van der Waals surface area contributed by atoms with Crippen LogP contribution in [0.4, 0.5) is 5.82 Å². The van der Waals surface area contributed by atoms with Gasteiger partial charge in [0.1, 0.15) is 12.4 Å². The zero-order chi connectivity index (χ0) is 14.0. The number of carbonyl (C=O) groups excluding carboxylic acids is 1. The molecule has 2 unspecified atom stereocenters. The van der Waals surface area contributed by atoms with E-state index in [2.05, 4.69) is 18.8 Å². The van der Waals surface area contributed by atoms with E-state index in [1.807, 2.05) is 11.0 Å². The lowest BCUT2D eigenvalue weighted by Crippen LogP contribution is -2.43. The molecule has 1 N–H and O–H groups in total. The molecule has 1 aliphatic heterocycles. The summed E-state index contributed by atoms with van der Waals surface area (Å²) in [5.74, 6) is 0.867. The van der Waals surface area contributed by atoms with E-state index in [-0.39, 0.29) is 24.1 Å². The highest BCUT2D eigenvalue weighted by molar-refractivity contribution is 5.76. The van der Waals surface area contributed by atoms with Gasteiger partial charge in [-0.3, -0.25) is 9.59 Å². The van der Waals surface area contributed by atoms with E-state index in [1.54, 1.807) is 6.92 Å². The fraction of sp³-hybridized carbons (Fsp3) is 0.571. The molecule has 0 bridgehead atoms. The Morgan fingerprint density at radius 1 is 1.47 bits per heavy atom. The minimum absolute atomic E-state index is 0.145. The summed E-state index contributed by atoms with van der Waals surface area (Å²) in [7, 11) is 0. The highest BCUT2D eigenvalue weighted by atomic mass is 16.5. The second-order valence-corrected chi connectivity index (χ2v) is 5.05. The second-order valence-electron chi connectivity index (χ2n) is 5.05. The number of anilines is 1. The van der Waals surface area contributed by atoms with Crippen LogP contribution in [0.5, 0.6) is 0 Å². The van der Waals surface area contributed by atoms with Crippen LogP contribution in [0.1, 0.15) is 38.7 Å². The van der Waals surface area contributed by atoms with E-state index in [4.69, 9.17) is 4.74 Å². The molecule has 5 heteroatoms. The number of rotatable bonds is 3. The maximum absolute atomic E-state index is 11.7. The molecule has 5 nitrogen and oxygen atoms in total. The third kappa shape index (κ3) is 2.80. The quantitative estimate of drug-likeness (QED) is 0.843. The van der Waals surface area contributed by atoms with Gasteiger partial charge < -0.3 is 14.6 Å². The van der Waals surface area contributed by atoms with Gasteiger partial charge >= 0.3 is 5.97 Å². The topological polar surface area (TPSA) is 62.4 Å². The number of aromatic amines is 1. The Morgan fingerprint density at radius 3 is 2.89 bits per heavy atom. The summed E-state index contributed by atoms with van der Waals surface area (Å²) >= 11 is 0. The Bertz CT molecular complexity index is 524. The van der Waals surface area contributed by atoms with Gasteiger partial charge in [-0.15, -0.1) is 0 Å². The Balaban J connectivity index is 2.33. The molecular weight excluding hydrogens is 244 g/mol. The lowest BCUT2D eigenvalue weighted by Gasteiger charge is -2.38. The first-order valence-corrected chi connectivity index (χ1v) is 6.68. The first kappa shape index (κ1) is 13.6. The number of fused-ring (bicyclic) bond motifs is 1. The molecule has 0 saturated heterocycles. The number of ether oxygens (including phenoxy) is 1. The van der Waals surface area contributed by atoms with Gasteiger partial charge in [-0.1, -0.05) is 6.92 Å². The third-order valence-electron chi connectivity index (χ3n) is 3.58. The highest BCUT2D eigenvalue weighted by Gasteiger charge is 2.30. The van der Waals surface area contributed by atoms with Crippen LogP contribution in [-0.2, 0) is 9.53 Å². The van der Waals surface area contributed by atoms with Gasteiger partial charge in [0.25, 0.3) is 0 Å². The van der Waals surface area contributed by atoms with Gasteiger partial charge in [-0.2, -0.15) is 0 Å². The van der Waals surface area contributed by atoms with Crippen molar-refractivity contribution >= 4 is 11.8 Å². The first-order chi connectivity index (χ1) is 9.02. The van der Waals surface area contributed by atoms with Gasteiger partial charge in [-0.05, 0) is 37.8 Å². The standard InChI is InChI=1S/C14H20N2O3/c1-4-19-13(18)8-16-10(3)7-9(2)11-5-6-12(17)15-14(11)16/h5-6,9-10H,4,7-8H2,1-3H3,(H,15,17). The van der Waals surface area contributed by atoms with Gasteiger partial charge in [0.2, 0.25) is 5.56 Å². The molecule has 0 amide bonds. The molecule has 0 radical (unpaired) electrons. The normalized spacial score (nSPS) is 21.9. The minimum atomic E-state index is -0.264. The third-order valence-corrected chi connectivity index (χ3v) is 3.58. The predicted molar refractivity (Wildman–Crippen MR) is 73.5 cm³/mol. The number of hydrogen-bond acceptors (Lipinski definition) is 4. The van der Waals surface area contributed by atoms with Crippen molar-refractivity contribution in [3.8, 4) is 0 Å². The number of hydrogen-bond donors (Lipinski definition) is 1. The summed E-state index contributed by atoms with van der Waals surface area (Å²) in [5.41, 5.74) is 0.941. The number of nitrogens with zero attached hydrogens (tertiary/aromatic N) is 1. The van der Waals surface area contributed by atoms with E-state index < -0.39 is 0 Å². The molecule has 0 aromatic carbocycles. The van der Waals surface area contributed by atoms with E-state index in [0.717, 1.165) is 17.8 Å². The summed E-state index contributed by atoms with van der Waals surface area (Å²) in [5, 5.41) is 0. The van der Waals surface area contributed by atoms with Crippen LogP contribution >= 0.6 is 0 Å². The number of aromatic nitrogens is 1. The van der Waals surface area contributed by atoms with Crippen molar-refractivity contribution in [3.63, 3.8) is 0 Å². The maximum atomic E-state index is 11.7. The molecule has 2 atom stereocenters. The summed E-state index contributed by atoms with van der Waals surface area (Å²) in [4.78, 5) is 28.0. The molecule has 19 heavy (non-hydrogen) atoms. The van der Waals surface area contributed by atoms with Crippen molar-refractivity contribution in [2.45, 2.75) is 39.2 Å².